The highest BCUT2D eigenvalue weighted by molar-refractivity contribution is 5.99. The SMILES string of the molecule is CC(NC(=O)c1cn(C2(C)CC(F)(F)C2)c(=O)cc1NC1CCN(C)CC1)c1cccc(C(F)F)c1F. The van der Waals surface area contributed by atoms with E-state index >= 15 is 0 Å². The van der Waals surface area contributed by atoms with Gasteiger partial charge in [0.15, 0.2) is 0 Å². The number of pyridine rings is 1. The van der Waals surface area contributed by atoms with E-state index in [1.165, 1.54) is 38.2 Å². The molecule has 6 nitrogen and oxygen atoms in total. The summed E-state index contributed by atoms with van der Waals surface area (Å²) in [6.45, 7) is 4.63. The summed E-state index contributed by atoms with van der Waals surface area (Å²) in [6, 6.07) is 3.81. The number of carbonyl (C=O) groups excluding carboxylic acids is 1. The van der Waals surface area contributed by atoms with Crippen LogP contribution in [0.25, 0.3) is 0 Å². The van der Waals surface area contributed by atoms with Crippen LogP contribution in [0, 0.1) is 5.82 Å². The molecule has 1 aliphatic carbocycles. The highest BCUT2D eigenvalue weighted by Crippen LogP contribution is 2.49. The quantitative estimate of drug-likeness (QED) is 0.495. The summed E-state index contributed by atoms with van der Waals surface area (Å²) < 4.78 is 69.6. The lowest BCUT2D eigenvalue weighted by atomic mass is 9.74. The minimum absolute atomic E-state index is 0.0146. The third kappa shape index (κ3) is 5.66. The van der Waals surface area contributed by atoms with E-state index in [1.807, 2.05) is 7.05 Å². The highest BCUT2D eigenvalue weighted by atomic mass is 19.3. The molecule has 1 amide bonds. The van der Waals surface area contributed by atoms with Crippen molar-refractivity contribution in [3.05, 3.63) is 63.3 Å². The fourth-order valence-electron chi connectivity index (χ4n) is 5.28. The van der Waals surface area contributed by atoms with Gasteiger partial charge in [0.25, 0.3) is 23.8 Å². The predicted octanol–water partition coefficient (Wildman–Crippen LogP) is 5.07. The molecule has 0 radical (unpaired) electrons. The molecular weight excluding hydrogens is 495 g/mol. The zero-order valence-corrected chi connectivity index (χ0v) is 21.0. The molecule has 202 valence electrons. The first-order valence-corrected chi connectivity index (χ1v) is 12.3. The monoisotopic (exact) mass is 526 g/mol. The molecular formula is C26H31F5N4O2. The molecule has 1 aromatic heterocycles. The third-order valence-electron chi connectivity index (χ3n) is 7.34. The summed E-state index contributed by atoms with van der Waals surface area (Å²) in [4.78, 5) is 28.5. The molecule has 1 saturated carbocycles. The second kappa shape index (κ2) is 10.1. The van der Waals surface area contributed by atoms with E-state index in [-0.39, 0.29) is 22.9 Å². The van der Waals surface area contributed by atoms with Crippen molar-refractivity contribution in [2.45, 2.75) is 69.5 Å². The number of hydrogen-bond acceptors (Lipinski definition) is 4. The Kier molecular flexibility index (Phi) is 7.38. The van der Waals surface area contributed by atoms with Crippen LogP contribution in [0.5, 0.6) is 0 Å². The van der Waals surface area contributed by atoms with Crippen LogP contribution in [0.4, 0.5) is 27.6 Å². The normalized spacial score (nSPS) is 20.4. The van der Waals surface area contributed by atoms with Crippen LogP contribution in [-0.4, -0.2) is 47.5 Å². The molecule has 4 rings (SSSR count). The van der Waals surface area contributed by atoms with Gasteiger partial charge < -0.3 is 20.1 Å². The Bertz CT molecular complexity index is 1220. The van der Waals surface area contributed by atoms with Crippen LogP contribution in [0.1, 0.15) is 73.5 Å². The molecule has 11 heteroatoms. The Morgan fingerprint density at radius 3 is 2.35 bits per heavy atom. The number of hydrogen-bond donors (Lipinski definition) is 2. The Labute approximate surface area is 211 Å². The molecule has 1 atom stereocenters. The first-order chi connectivity index (χ1) is 17.3. The average Bonchev–Trinajstić information content (AvgIpc) is 2.79. The van der Waals surface area contributed by atoms with Crippen LogP contribution in [0.15, 0.2) is 35.3 Å². The van der Waals surface area contributed by atoms with Gasteiger partial charge in [0, 0.05) is 36.7 Å². The topological polar surface area (TPSA) is 66.4 Å². The van der Waals surface area contributed by atoms with Crippen molar-refractivity contribution in [1.82, 2.24) is 14.8 Å². The fraction of sp³-hybridized carbons (Fsp3) is 0.538. The van der Waals surface area contributed by atoms with Gasteiger partial charge in [0.1, 0.15) is 5.82 Å². The van der Waals surface area contributed by atoms with Gasteiger partial charge in [-0.15, -0.1) is 0 Å². The molecule has 37 heavy (non-hydrogen) atoms. The van der Waals surface area contributed by atoms with E-state index in [0.29, 0.717) is 0 Å². The maximum atomic E-state index is 14.7. The van der Waals surface area contributed by atoms with Crippen molar-refractivity contribution in [3.63, 3.8) is 0 Å². The van der Waals surface area contributed by atoms with Crippen LogP contribution in [0.2, 0.25) is 0 Å². The summed E-state index contributed by atoms with van der Waals surface area (Å²) in [5.74, 6) is -4.69. The van der Waals surface area contributed by atoms with Crippen molar-refractivity contribution >= 4 is 11.6 Å². The number of nitrogens with zero attached hydrogens (tertiary/aromatic N) is 2. The van der Waals surface area contributed by atoms with E-state index in [4.69, 9.17) is 0 Å². The first-order valence-electron chi connectivity index (χ1n) is 12.3. The number of carbonyl (C=O) groups is 1. The van der Waals surface area contributed by atoms with Gasteiger partial charge in [0.2, 0.25) is 0 Å². The van der Waals surface area contributed by atoms with Crippen molar-refractivity contribution in [3.8, 4) is 0 Å². The fourth-order valence-corrected chi connectivity index (χ4v) is 5.28. The number of piperidine rings is 1. The number of anilines is 1. The summed E-state index contributed by atoms with van der Waals surface area (Å²) in [6.07, 6.45) is -1.28. The maximum Gasteiger partial charge on any atom is 0.266 e. The van der Waals surface area contributed by atoms with E-state index in [2.05, 4.69) is 15.5 Å². The summed E-state index contributed by atoms with van der Waals surface area (Å²) >= 11 is 0. The van der Waals surface area contributed by atoms with Gasteiger partial charge >= 0.3 is 0 Å². The second-order valence-electron chi connectivity index (χ2n) is 10.5. The van der Waals surface area contributed by atoms with Gasteiger partial charge in [-0.05, 0) is 46.8 Å². The lowest BCUT2D eigenvalue weighted by Crippen LogP contribution is -2.54. The Hall–Kier alpha value is -2.95. The molecule has 1 unspecified atom stereocenters. The van der Waals surface area contributed by atoms with Gasteiger partial charge in [-0.2, -0.15) is 0 Å². The number of likely N-dealkylation sites (tertiary alicyclic amines) is 1. The smallest absolute Gasteiger partial charge is 0.266 e. The van der Waals surface area contributed by atoms with E-state index < -0.39 is 59.6 Å². The van der Waals surface area contributed by atoms with Crippen LogP contribution < -0.4 is 16.2 Å². The molecule has 2 heterocycles. The van der Waals surface area contributed by atoms with Crippen LogP contribution in [0.3, 0.4) is 0 Å². The van der Waals surface area contributed by atoms with Gasteiger partial charge in [0.05, 0.1) is 28.4 Å². The first kappa shape index (κ1) is 27.1. The van der Waals surface area contributed by atoms with Crippen molar-refractivity contribution < 1.29 is 26.7 Å². The zero-order chi connectivity index (χ0) is 27.1. The molecule has 0 bridgehead atoms. The molecule has 2 fully saturated rings. The number of aromatic nitrogens is 1. The molecule has 1 aliphatic heterocycles. The second-order valence-corrected chi connectivity index (χ2v) is 10.5. The van der Waals surface area contributed by atoms with Crippen molar-refractivity contribution in [2.24, 2.45) is 0 Å². The average molecular weight is 527 g/mol. The molecule has 0 spiro atoms. The number of alkyl halides is 4. The molecule has 2 aliphatic rings. The lowest BCUT2D eigenvalue weighted by Gasteiger charge is -2.46. The van der Waals surface area contributed by atoms with Crippen molar-refractivity contribution in [1.29, 1.82) is 0 Å². The van der Waals surface area contributed by atoms with Crippen LogP contribution in [-0.2, 0) is 5.54 Å². The van der Waals surface area contributed by atoms with Crippen LogP contribution >= 0.6 is 0 Å². The third-order valence-corrected chi connectivity index (χ3v) is 7.34. The number of benzene rings is 1. The Balaban J connectivity index is 1.66. The molecule has 2 aromatic rings. The lowest BCUT2D eigenvalue weighted by molar-refractivity contribution is -0.146. The van der Waals surface area contributed by atoms with Gasteiger partial charge in [-0.1, -0.05) is 18.2 Å². The minimum atomic E-state index is -3.02. The Morgan fingerprint density at radius 1 is 1.14 bits per heavy atom. The number of rotatable bonds is 7. The van der Waals surface area contributed by atoms with E-state index in [9.17, 15) is 31.5 Å². The maximum absolute atomic E-state index is 14.7. The van der Waals surface area contributed by atoms with E-state index in [1.54, 1.807) is 0 Å². The largest absolute Gasteiger partial charge is 0.381 e. The van der Waals surface area contributed by atoms with Crippen molar-refractivity contribution in [2.75, 3.05) is 25.5 Å². The van der Waals surface area contributed by atoms with Gasteiger partial charge in [-0.3, -0.25) is 9.59 Å². The minimum Gasteiger partial charge on any atom is -0.381 e. The summed E-state index contributed by atoms with van der Waals surface area (Å²) in [5, 5.41) is 5.87. The Morgan fingerprint density at radius 2 is 1.76 bits per heavy atom. The standard InChI is InChI=1S/C26H31F5N4O2/c1-15(17-5-4-6-18(22(17)27)23(28)29)32-24(37)19-12-35(25(2)13-26(30,31)14-25)21(36)11-20(19)33-16-7-9-34(3)10-8-16/h4-6,11-12,15-16,23,33H,7-10,13-14H2,1-3H3,(H,32,37). The number of halogens is 5. The highest BCUT2D eigenvalue weighted by Gasteiger charge is 2.55. The molecule has 1 saturated heterocycles. The van der Waals surface area contributed by atoms with E-state index in [0.717, 1.165) is 36.6 Å². The summed E-state index contributed by atoms with van der Waals surface area (Å²) in [5.41, 5.74) is -2.28. The predicted molar refractivity (Wildman–Crippen MR) is 130 cm³/mol. The number of nitrogens with one attached hydrogen (secondary N) is 2. The molecule has 2 N–H and O–H groups in total. The number of amides is 1. The molecule has 1 aromatic carbocycles. The summed E-state index contributed by atoms with van der Waals surface area (Å²) in [7, 11) is 1.99. The van der Waals surface area contributed by atoms with Gasteiger partial charge in [-0.25, -0.2) is 22.0 Å². The zero-order valence-electron chi connectivity index (χ0n) is 21.0.